The Morgan fingerprint density at radius 2 is 1.93 bits per heavy atom. The highest BCUT2D eigenvalue weighted by molar-refractivity contribution is 6.05. The molecule has 0 aromatic heterocycles. The number of imide groups is 1. The van der Waals surface area contributed by atoms with Gasteiger partial charge in [0.15, 0.2) is 6.04 Å². The van der Waals surface area contributed by atoms with Crippen LogP contribution in [0.3, 0.4) is 0 Å². The van der Waals surface area contributed by atoms with Crippen molar-refractivity contribution in [3.8, 4) is 0 Å². The molecule has 2 aliphatic rings. The Hall–Kier alpha value is -2.94. The summed E-state index contributed by atoms with van der Waals surface area (Å²) >= 11 is 0. The van der Waals surface area contributed by atoms with Gasteiger partial charge in [0.1, 0.15) is 6.04 Å². The normalized spacial score (nSPS) is 20.7. The molecule has 0 aliphatic carbocycles. The van der Waals surface area contributed by atoms with Gasteiger partial charge in [-0.25, -0.2) is 9.59 Å². The third kappa shape index (κ3) is 3.63. The van der Waals surface area contributed by atoms with Gasteiger partial charge in [-0.1, -0.05) is 24.3 Å². The number of aliphatic carboxylic acids is 1. The molecule has 0 spiro atoms. The molecule has 2 heterocycles. The Kier molecular flexibility index (Phi) is 5.13. The fourth-order valence-electron chi connectivity index (χ4n) is 3.43. The summed E-state index contributed by atoms with van der Waals surface area (Å²) in [5.74, 6) is -2.37. The molecule has 1 saturated heterocycles. The first-order chi connectivity index (χ1) is 12.8. The van der Waals surface area contributed by atoms with E-state index in [-0.39, 0.29) is 18.9 Å². The topological polar surface area (TPSA) is 127 Å². The number of aliphatic hydroxyl groups is 1. The molecule has 3 rings (SSSR count). The van der Waals surface area contributed by atoms with Crippen molar-refractivity contribution in [2.45, 2.75) is 44.5 Å². The Morgan fingerprint density at radius 1 is 1.26 bits per heavy atom. The van der Waals surface area contributed by atoms with Crippen LogP contribution in [0.5, 0.6) is 0 Å². The molecule has 0 radical (unpaired) electrons. The number of carbonyl (C=O) groups is 4. The second-order valence-electron chi connectivity index (χ2n) is 6.76. The zero-order valence-corrected chi connectivity index (χ0v) is 14.8. The SMILES string of the molecule is C[C@@H](O)[C@H](NC(=O)CCN1C(=O)[C@H]2Cc3ccccc3CN2C1=O)C(=O)O. The van der Waals surface area contributed by atoms with Crippen LogP contribution in [0, 0.1) is 0 Å². The molecule has 1 aromatic rings. The minimum atomic E-state index is -1.44. The number of carboxylic acid groups (broad SMARTS) is 1. The van der Waals surface area contributed by atoms with Gasteiger partial charge in [-0.3, -0.25) is 14.5 Å². The zero-order chi connectivity index (χ0) is 19.7. The summed E-state index contributed by atoms with van der Waals surface area (Å²) in [5.41, 5.74) is 2.02. The predicted molar refractivity (Wildman–Crippen MR) is 92.5 cm³/mol. The lowest BCUT2D eigenvalue weighted by Gasteiger charge is -2.28. The first kappa shape index (κ1) is 18.8. The fourth-order valence-corrected chi connectivity index (χ4v) is 3.43. The number of urea groups is 1. The number of nitrogens with one attached hydrogen (secondary N) is 1. The lowest BCUT2D eigenvalue weighted by molar-refractivity contribution is -0.145. The van der Waals surface area contributed by atoms with E-state index in [1.54, 1.807) is 0 Å². The number of benzene rings is 1. The van der Waals surface area contributed by atoms with Gasteiger partial charge in [-0.15, -0.1) is 0 Å². The molecule has 0 unspecified atom stereocenters. The van der Waals surface area contributed by atoms with Crippen molar-refractivity contribution in [2.24, 2.45) is 0 Å². The van der Waals surface area contributed by atoms with E-state index in [4.69, 9.17) is 5.11 Å². The Balaban J connectivity index is 1.62. The summed E-state index contributed by atoms with van der Waals surface area (Å²) < 4.78 is 0. The van der Waals surface area contributed by atoms with Gasteiger partial charge in [0.25, 0.3) is 5.91 Å². The van der Waals surface area contributed by atoms with Crippen LogP contribution in [0.2, 0.25) is 0 Å². The van der Waals surface area contributed by atoms with Crippen molar-refractivity contribution < 1.29 is 29.4 Å². The van der Waals surface area contributed by atoms with Gasteiger partial charge in [-0.2, -0.15) is 0 Å². The number of rotatable bonds is 6. The number of hydrogen-bond donors (Lipinski definition) is 3. The van der Waals surface area contributed by atoms with E-state index in [1.165, 1.54) is 11.8 Å². The van der Waals surface area contributed by atoms with Crippen LogP contribution in [0.1, 0.15) is 24.5 Å². The summed E-state index contributed by atoms with van der Waals surface area (Å²) in [6.45, 7) is 1.46. The Bertz CT molecular complexity index is 750. The second-order valence-corrected chi connectivity index (χ2v) is 6.76. The number of carbonyl (C=O) groups excluding carboxylic acids is 3. The minimum Gasteiger partial charge on any atom is -0.480 e. The first-order valence-electron chi connectivity index (χ1n) is 8.68. The first-order valence-corrected chi connectivity index (χ1v) is 8.68. The maximum absolute atomic E-state index is 12.6. The lowest BCUT2D eigenvalue weighted by Crippen LogP contribution is -2.48. The number of aliphatic hydroxyl groups excluding tert-OH is 1. The summed E-state index contributed by atoms with van der Waals surface area (Å²) in [4.78, 5) is 50.7. The highest BCUT2D eigenvalue weighted by atomic mass is 16.4. The van der Waals surface area contributed by atoms with Crippen LogP contribution in [-0.2, 0) is 27.3 Å². The van der Waals surface area contributed by atoms with Crippen LogP contribution >= 0.6 is 0 Å². The monoisotopic (exact) mass is 375 g/mol. The average molecular weight is 375 g/mol. The fraction of sp³-hybridized carbons (Fsp3) is 0.444. The average Bonchev–Trinajstić information content (AvgIpc) is 2.86. The Labute approximate surface area is 155 Å². The maximum atomic E-state index is 12.6. The van der Waals surface area contributed by atoms with Crippen LogP contribution in [-0.4, -0.2) is 68.6 Å². The van der Waals surface area contributed by atoms with Crippen molar-refractivity contribution in [1.29, 1.82) is 0 Å². The van der Waals surface area contributed by atoms with Crippen LogP contribution in [0.15, 0.2) is 24.3 Å². The van der Waals surface area contributed by atoms with Crippen molar-refractivity contribution in [1.82, 2.24) is 15.1 Å². The van der Waals surface area contributed by atoms with Crippen LogP contribution < -0.4 is 5.32 Å². The van der Waals surface area contributed by atoms with E-state index in [1.807, 2.05) is 24.3 Å². The number of nitrogens with zero attached hydrogens (tertiary/aromatic N) is 2. The maximum Gasteiger partial charge on any atom is 0.328 e. The second kappa shape index (κ2) is 7.36. The summed E-state index contributed by atoms with van der Waals surface area (Å²) in [6.07, 6.45) is -1.07. The van der Waals surface area contributed by atoms with E-state index in [0.29, 0.717) is 13.0 Å². The van der Waals surface area contributed by atoms with Gasteiger partial charge >= 0.3 is 12.0 Å². The number of fused-ring (bicyclic) bond motifs is 2. The van der Waals surface area contributed by atoms with Crippen LogP contribution in [0.25, 0.3) is 0 Å². The highest BCUT2D eigenvalue weighted by Gasteiger charge is 2.46. The summed E-state index contributed by atoms with van der Waals surface area (Å²) in [6, 6.07) is 5.16. The smallest absolute Gasteiger partial charge is 0.328 e. The van der Waals surface area contributed by atoms with Crippen LogP contribution in [0.4, 0.5) is 4.79 Å². The molecule has 27 heavy (non-hydrogen) atoms. The molecule has 3 atom stereocenters. The van der Waals surface area contributed by atoms with Crippen molar-refractivity contribution >= 4 is 23.8 Å². The molecule has 144 valence electrons. The molecule has 0 bridgehead atoms. The minimum absolute atomic E-state index is 0.140. The number of hydrogen-bond acceptors (Lipinski definition) is 5. The van der Waals surface area contributed by atoms with E-state index in [0.717, 1.165) is 16.0 Å². The van der Waals surface area contributed by atoms with Crippen molar-refractivity contribution in [3.05, 3.63) is 35.4 Å². The molecule has 9 nitrogen and oxygen atoms in total. The van der Waals surface area contributed by atoms with Crippen molar-refractivity contribution in [2.75, 3.05) is 6.54 Å². The van der Waals surface area contributed by atoms with Gasteiger partial charge in [-0.05, 0) is 18.1 Å². The Morgan fingerprint density at radius 3 is 2.56 bits per heavy atom. The predicted octanol–water partition coefficient (Wildman–Crippen LogP) is -0.284. The quantitative estimate of drug-likeness (QED) is 0.587. The molecule has 2 aliphatic heterocycles. The van der Waals surface area contributed by atoms with E-state index in [9.17, 15) is 24.3 Å². The molecule has 3 N–H and O–H groups in total. The standard InChI is InChI=1S/C18H21N3O6/c1-10(22)15(17(25)26)19-14(23)6-7-20-16(24)13-8-11-4-2-3-5-12(11)9-21(13)18(20)27/h2-5,10,13,15,22H,6-9H2,1H3,(H,19,23)(H,25,26)/t10-,13-,15+/m1/s1. The third-order valence-corrected chi connectivity index (χ3v) is 4.90. The molecule has 1 fully saturated rings. The molecular weight excluding hydrogens is 354 g/mol. The van der Waals surface area contributed by atoms with Crippen molar-refractivity contribution in [3.63, 3.8) is 0 Å². The van der Waals surface area contributed by atoms with Gasteiger partial charge in [0.05, 0.1) is 6.10 Å². The molecule has 4 amide bonds. The molecule has 9 heteroatoms. The zero-order valence-electron chi connectivity index (χ0n) is 14.8. The molecular formula is C18H21N3O6. The summed E-state index contributed by atoms with van der Waals surface area (Å²) in [5, 5.41) is 20.6. The third-order valence-electron chi connectivity index (χ3n) is 4.90. The van der Waals surface area contributed by atoms with Gasteiger partial charge < -0.3 is 20.4 Å². The number of amides is 4. The largest absolute Gasteiger partial charge is 0.480 e. The summed E-state index contributed by atoms with van der Waals surface area (Å²) in [7, 11) is 0. The molecule has 1 aromatic carbocycles. The van der Waals surface area contributed by atoms with Gasteiger partial charge in [0.2, 0.25) is 5.91 Å². The van der Waals surface area contributed by atoms with E-state index in [2.05, 4.69) is 5.32 Å². The van der Waals surface area contributed by atoms with E-state index < -0.39 is 36.1 Å². The highest BCUT2D eigenvalue weighted by Crippen LogP contribution is 2.29. The van der Waals surface area contributed by atoms with Gasteiger partial charge in [0, 0.05) is 25.9 Å². The molecule has 0 saturated carbocycles. The number of carboxylic acids is 1. The van der Waals surface area contributed by atoms with E-state index >= 15 is 0 Å². The lowest BCUT2D eigenvalue weighted by atomic mass is 9.95.